The van der Waals surface area contributed by atoms with Crippen LogP contribution in [-0.2, 0) is 25.3 Å². The summed E-state index contributed by atoms with van der Waals surface area (Å²) in [6.45, 7) is 2.23. The average Bonchev–Trinajstić information content (AvgIpc) is 2.40. The molecule has 0 fully saturated rings. The molecule has 0 spiro atoms. The molecule has 0 amide bonds. The van der Waals surface area contributed by atoms with Crippen molar-refractivity contribution in [2.75, 3.05) is 13.7 Å². The molecule has 5 nitrogen and oxygen atoms in total. The summed E-state index contributed by atoms with van der Waals surface area (Å²) in [7, 11) is -1.99. The topological polar surface area (TPSA) is 72.5 Å². The molecule has 0 aliphatic carbocycles. The van der Waals surface area contributed by atoms with Crippen LogP contribution in [0, 0.1) is 6.92 Å². The predicted octanol–water partition coefficient (Wildman–Crippen LogP) is 1.76. The molecule has 0 aliphatic rings. The maximum Gasteiger partial charge on any atom is 0.305 e. The molecule has 1 aromatic carbocycles. The highest BCUT2D eigenvalue weighted by Crippen LogP contribution is 2.10. The molecule has 0 aromatic heterocycles. The van der Waals surface area contributed by atoms with Crippen LogP contribution < -0.4 is 4.72 Å². The molecule has 0 saturated heterocycles. The number of carbonyl (C=O) groups excluding carboxylic acids is 1. The third-order valence-electron chi connectivity index (χ3n) is 2.96. The van der Waals surface area contributed by atoms with Crippen molar-refractivity contribution in [2.45, 2.75) is 31.9 Å². The van der Waals surface area contributed by atoms with Crippen molar-refractivity contribution >= 4 is 16.0 Å². The molecule has 0 unspecified atom stereocenters. The summed E-state index contributed by atoms with van der Waals surface area (Å²) < 4.78 is 30.9. The Morgan fingerprint density at radius 1 is 1.25 bits per heavy atom. The fourth-order valence-corrected chi connectivity index (χ4v) is 3.04. The van der Waals surface area contributed by atoms with E-state index < -0.39 is 10.0 Å². The third-order valence-corrected chi connectivity index (χ3v) is 4.30. The van der Waals surface area contributed by atoms with Crippen LogP contribution in [0.15, 0.2) is 24.3 Å². The van der Waals surface area contributed by atoms with Crippen molar-refractivity contribution in [1.29, 1.82) is 0 Å². The second-order valence-electron chi connectivity index (χ2n) is 4.61. The molecule has 112 valence electrons. The number of hydrogen-bond donors (Lipinski definition) is 1. The first-order chi connectivity index (χ1) is 9.44. The van der Waals surface area contributed by atoms with E-state index >= 15 is 0 Å². The lowest BCUT2D eigenvalue weighted by molar-refractivity contribution is -0.140. The van der Waals surface area contributed by atoms with Gasteiger partial charge in [0.15, 0.2) is 0 Å². The number of ether oxygens (including phenoxy) is 1. The average molecular weight is 299 g/mol. The second-order valence-corrected chi connectivity index (χ2v) is 6.42. The molecule has 1 rings (SSSR count). The minimum absolute atomic E-state index is 0.0172. The first-order valence-corrected chi connectivity index (χ1v) is 8.18. The SMILES string of the molecule is COC(=O)CCCCNS(=O)(=O)Cc1ccccc1C. The van der Waals surface area contributed by atoms with E-state index in [2.05, 4.69) is 9.46 Å². The van der Waals surface area contributed by atoms with Crippen molar-refractivity contribution in [3.05, 3.63) is 35.4 Å². The van der Waals surface area contributed by atoms with E-state index in [1.165, 1.54) is 7.11 Å². The highest BCUT2D eigenvalue weighted by molar-refractivity contribution is 7.88. The zero-order valence-corrected chi connectivity index (χ0v) is 12.7. The Kier molecular flexibility index (Phi) is 6.67. The Morgan fingerprint density at radius 3 is 2.60 bits per heavy atom. The van der Waals surface area contributed by atoms with Crippen LogP contribution in [0.1, 0.15) is 30.4 Å². The Hall–Kier alpha value is -1.40. The standard InChI is InChI=1S/C14H21NO4S/c1-12-7-3-4-8-13(12)11-20(17,18)15-10-6-5-9-14(16)19-2/h3-4,7-8,15H,5-6,9-11H2,1-2H3. The van der Waals surface area contributed by atoms with Crippen molar-refractivity contribution in [3.8, 4) is 0 Å². The molecule has 1 N–H and O–H groups in total. The molecule has 0 heterocycles. The summed E-state index contributed by atoms with van der Waals surface area (Å²) >= 11 is 0. The molecule has 1 aromatic rings. The summed E-state index contributed by atoms with van der Waals surface area (Å²) in [5.41, 5.74) is 1.76. The summed E-state index contributed by atoms with van der Waals surface area (Å²) in [6, 6.07) is 7.41. The number of hydrogen-bond acceptors (Lipinski definition) is 4. The minimum atomic E-state index is -3.33. The molecule has 6 heteroatoms. The first kappa shape index (κ1) is 16.7. The van der Waals surface area contributed by atoms with E-state index in [1.807, 2.05) is 31.2 Å². The van der Waals surface area contributed by atoms with E-state index in [0.29, 0.717) is 25.8 Å². The van der Waals surface area contributed by atoms with Gasteiger partial charge in [-0.2, -0.15) is 0 Å². The minimum Gasteiger partial charge on any atom is -0.469 e. The number of rotatable bonds is 8. The van der Waals surface area contributed by atoms with E-state index in [9.17, 15) is 13.2 Å². The van der Waals surface area contributed by atoms with Gasteiger partial charge in [-0.1, -0.05) is 24.3 Å². The fraction of sp³-hybridized carbons (Fsp3) is 0.500. The van der Waals surface area contributed by atoms with Crippen molar-refractivity contribution in [2.24, 2.45) is 0 Å². The van der Waals surface area contributed by atoms with E-state index in [-0.39, 0.29) is 11.7 Å². The van der Waals surface area contributed by atoms with Crippen molar-refractivity contribution in [1.82, 2.24) is 4.72 Å². The van der Waals surface area contributed by atoms with Crippen molar-refractivity contribution in [3.63, 3.8) is 0 Å². The van der Waals surface area contributed by atoms with Gasteiger partial charge in [0.05, 0.1) is 12.9 Å². The molecule has 0 radical (unpaired) electrons. The van der Waals surface area contributed by atoms with Gasteiger partial charge in [0, 0.05) is 13.0 Å². The zero-order valence-electron chi connectivity index (χ0n) is 11.9. The number of methoxy groups -OCH3 is 1. The van der Waals surface area contributed by atoms with Gasteiger partial charge >= 0.3 is 5.97 Å². The van der Waals surface area contributed by atoms with Crippen LogP contribution in [0.3, 0.4) is 0 Å². The molecular formula is C14H21NO4S. The lowest BCUT2D eigenvalue weighted by Gasteiger charge is -2.08. The summed E-state index contributed by atoms with van der Waals surface area (Å²) in [5, 5.41) is 0. The predicted molar refractivity (Wildman–Crippen MR) is 77.7 cm³/mol. The van der Waals surface area contributed by atoms with Gasteiger partial charge in [-0.3, -0.25) is 4.79 Å². The quantitative estimate of drug-likeness (QED) is 0.586. The highest BCUT2D eigenvalue weighted by Gasteiger charge is 2.12. The van der Waals surface area contributed by atoms with Crippen molar-refractivity contribution < 1.29 is 17.9 Å². The van der Waals surface area contributed by atoms with Crippen LogP contribution in [0.25, 0.3) is 0 Å². The number of aryl methyl sites for hydroxylation is 1. The second kappa shape index (κ2) is 8.01. The van der Waals surface area contributed by atoms with Gasteiger partial charge in [0.2, 0.25) is 10.0 Å². The van der Waals surface area contributed by atoms with Crippen LogP contribution in [0.4, 0.5) is 0 Å². The Morgan fingerprint density at radius 2 is 1.95 bits per heavy atom. The van der Waals surface area contributed by atoms with Crippen LogP contribution in [-0.4, -0.2) is 28.0 Å². The summed E-state index contributed by atoms with van der Waals surface area (Å²) in [4.78, 5) is 10.9. The smallest absolute Gasteiger partial charge is 0.305 e. The number of carbonyl (C=O) groups is 1. The van der Waals surface area contributed by atoms with Gasteiger partial charge < -0.3 is 4.74 Å². The maximum absolute atomic E-state index is 11.9. The molecule has 0 bridgehead atoms. The number of benzene rings is 1. The molecule has 0 atom stereocenters. The van der Waals surface area contributed by atoms with E-state index in [1.54, 1.807) is 0 Å². The molecule has 20 heavy (non-hydrogen) atoms. The maximum atomic E-state index is 11.9. The van der Waals surface area contributed by atoms with Gasteiger partial charge in [-0.15, -0.1) is 0 Å². The summed E-state index contributed by atoms with van der Waals surface area (Å²) in [5.74, 6) is -0.288. The highest BCUT2D eigenvalue weighted by atomic mass is 32.2. The number of nitrogens with one attached hydrogen (secondary N) is 1. The molecule has 0 saturated carbocycles. The largest absolute Gasteiger partial charge is 0.469 e. The van der Waals surface area contributed by atoms with Crippen LogP contribution >= 0.6 is 0 Å². The Balaban J connectivity index is 2.36. The van der Waals surface area contributed by atoms with E-state index in [4.69, 9.17) is 0 Å². The first-order valence-electron chi connectivity index (χ1n) is 6.53. The van der Waals surface area contributed by atoms with Gasteiger partial charge in [-0.05, 0) is 30.9 Å². The number of unbranched alkanes of at least 4 members (excludes halogenated alkanes) is 1. The number of sulfonamides is 1. The Bertz CT molecular complexity index is 540. The molecule has 0 aliphatic heterocycles. The lowest BCUT2D eigenvalue weighted by Crippen LogP contribution is -2.26. The van der Waals surface area contributed by atoms with Gasteiger partial charge in [0.25, 0.3) is 0 Å². The fourth-order valence-electron chi connectivity index (χ4n) is 1.75. The normalized spacial score (nSPS) is 11.3. The monoisotopic (exact) mass is 299 g/mol. The zero-order chi connectivity index (χ0) is 15.0. The summed E-state index contributed by atoms with van der Waals surface area (Å²) in [6.07, 6.45) is 1.54. The van der Waals surface area contributed by atoms with E-state index in [0.717, 1.165) is 11.1 Å². The lowest BCUT2D eigenvalue weighted by atomic mass is 10.1. The number of esters is 1. The third kappa shape index (κ3) is 6.16. The Labute approximate surface area is 120 Å². The van der Waals surface area contributed by atoms with Crippen LogP contribution in [0.5, 0.6) is 0 Å². The van der Waals surface area contributed by atoms with Gasteiger partial charge in [0.1, 0.15) is 0 Å². The van der Waals surface area contributed by atoms with Gasteiger partial charge in [-0.25, -0.2) is 13.1 Å². The van der Waals surface area contributed by atoms with Crippen LogP contribution in [0.2, 0.25) is 0 Å². The molecular weight excluding hydrogens is 278 g/mol.